The van der Waals surface area contributed by atoms with E-state index in [9.17, 15) is 0 Å². The van der Waals surface area contributed by atoms with Gasteiger partial charge in [0.2, 0.25) is 0 Å². The smallest absolute Gasteiger partial charge is 0.0780 e. The van der Waals surface area contributed by atoms with Gasteiger partial charge in [0.1, 0.15) is 0 Å². The Balaban J connectivity index is 2.10. The number of likely N-dealkylation sites (tertiary alicyclic amines) is 1. The van der Waals surface area contributed by atoms with E-state index in [0.717, 1.165) is 13.0 Å². The molecule has 0 N–H and O–H groups in total. The van der Waals surface area contributed by atoms with Crippen LogP contribution in [0.1, 0.15) is 19.8 Å². The Morgan fingerprint density at radius 1 is 1.64 bits per heavy atom. The molecule has 3 heteroatoms. The number of hydrogen-bond donors (Lipinski definition) is 0. The first-order valence-corrected chi connectivity index (χ1v) is 5.76. The number of thioether (sulfide) groups is 1. The Hall–Kier alpha value is 0.240. The summed E-state index contributed by atoms with van der Waals surface area (Å²) in [5.41, 5.74) is 0. The molecule has 0 aromatic rings. The highest BCUT2D eigenvalue weighted by atomic mass is 32.2. The molecule has 1 saturated heterocycles. The van der Waals surface area contributed by atoms with Gasteiger partial charge in [-0.1, -0.05) is 19.1 Å². The summed E-state index contributed by atoms with van der Waals surface area (Å²) in [5.74, 6) is 2.46. The highest BCUT2D eigenvalue weighted by molar-refractivity contribution is 7.99. The molecule has 0 aromatic heterocycles. The van der Waals surface area contributed by atoms with Crippen LogP contribution in [0.2, 0.25) is 0 Å². The van der Waals surface area contributed by atoms with Crippen molar-refractivity contribution < 1.29 is 0 Å². The number of nitrogens with zero attached hydrogens (tertiary/aromatic N) is 1. The van der Waals surface area contributed by atoms with E-state index >= 15 is 0 Å². The molecule has 1 nitrogen and oxygen atoms in total. The topological polar surface area (TPSA) is 3.24 Å². The maximum atomic E-state index is 5.21. The second-order valence-electron chi connectivity index (χ2n) is 2.68. The molecule has 0 spiro atoms. The first kappa shape index (κ1) is 9.33. The van der Waals surface area contributed by atoms with Gasteiger partial charge in [-0.15, -0.1) is 0 Å². The predicted molar refractivity (Wildman–Crippen MR) is 56.4 cm³/mol. The zero-order valence-corrected chi connectivity index (χ0v) is 8.64. The average molecular weight is 189 g/mol. The van der Waals surface area contributed by atoms with E-state index in [2.05, 4.69) is 11.8 Å². The zero-order valence-electron chi connectivity index (χ0n) is 7.01. The minimum Gasteiger partial charge on any atom is -0.365 e. The molecule has 0 bridgehead atoms. The van der Waals surface area contributed by atoms with Gasteiger partial charge in [0.25, 0.3) is 0 Å². The van der Waals surface area contributed by atoms with Crippen molar-refractivity contribution in [3.8, 4) is 0 Å². The van der Waals surface area contributed by atoms with Crippen LogP contribution in [0.5, 0.6) is 0 Å². The molecule has 1 aliphatic heterocycles. The van der Waals surface area contributed by atoms with Crippen LogP contribution < -0.4 is 0 Å². The second-order valence-corrected chi connectivity index (χ2v) is 4.55. The summed E-state index contributed by atoms with van der Waals surface area (Å²) in [7, 11) is 0. The maximum absolute atomic E-state index is 5.21. The van der Waals surface area contributed by atoms with Crippen LogP contribution in [0.15, 0.2) is 0 Å². The molecule has 64 valence electrons. The lowest BCUT2D eigenvalue weighted by Crippen LogP contribution is -2.25. The van der Waals surface area contributed by atoms with Crippen molar-refractivity contribution in [3.05, 3.63) is 0 Å². The third kappa shape index (κ3) is 2.99. The van der Waals surface area contributed by atoms with Crippen LogP contribution in [0, 0.1) is 0 Å². The first-order chi connectivity index (χ1) is 5.34. The fourth-order valence-electron chi connectivity index (χ4n) is 1.26. The molecule has 1 rings (SSSR count). The van der Waals surface area contributed by atoms with E-state index in [4.69, 9.17) is 12.2 Å². The third-order valence-corrected chi connectivity index (χ3v) is 3.22. The van der Waals surface area contributed by atoms with Gasteiger partial charge in [-0.05, 0) is 18.6 Å². The predicted octanol–water partition coefficient (Wildman–Crippen LogP) is 2.16. The van der Waals surface area contributed by atoms with Crippen molar-refractivity contribution in [1.82, 2.24) is 4.90 Å². The molecule has 0 amide bonds. The van der Waals surface area contributed by atoms with Gasteiger partial charge >= 0.3 is 0 Å². The fraction of sp³-hybridized carbons (Fsp3) is 0.875. The van der Waals surface area contributed by atoms with Crippen molar-refractivity contribution in [2.24, 2.45) is 0 Å². The second kappa shape index (κ2) is 4.99. The summed E-state index contributed by atoms with van der Waals surface area (Å²) in [6.45, 7) is 4.56. The van der Waals surface area contributed by atoms with Crippen LogP contribution in [0.4, 0.5) is 0 Å². The van der Waals surface area contributed by atoms with E-state index in [0.29, 0.717) is 0 Å². The van der Waals surface area contributed by atoms with Crippen molar-refractivity contribution >= 4 is 29.0 Å². The number of rotatable bonds is 4. The lowest BCUT2D eigenvalue weighted by Gasteiger charge is -2.16. The highest BCUT2D eigenvalue weighted by Gasteiger charge is 2.14. The largest absolute Gasteiger partial charge is 0.365 e. The monoisotopic (exact) mass is 189 g/mol. The summed E-state index contributed by atoms with van der Waals surface area (Å²) in [6.07, 6.45) is 2.42. The first-order valence-electron chi connectivity index (χ1n) is 4.20. The van der Waals surface area contributed by atoms with Gasteiger partial charge in [-0.2, -0.15) is 11.8 Å². The minimum absolute atomic E-state index is 1.14. The molecule has 0 unspecified atom stereocenters. The van der Waals surface area contributed by atoms with Crippen molar-refractivity contribution in [2.45, 2.75) is 19.8 Å². The van der Waals surface area contributed by atoms with Crippen LogP contribution in [-0.2, 0) is 0 Å². The minimum atomic E-state index is 1.14. The van der Waals surface area contributed by atoms with Crippen LogP contribution in [0.25, 0.3) is 0 Å². The molecule has 11 heavy (non-hydrogen) atoms. The summed E-state index contributed by atoms with van der Waals surface area (Å²) in [6, 6.07) is 0. The van der Waals surface area contributed by atoms with Crippen LogP contribution in [-0.4, -0.2) is 34.5 Å². The lowest BCUT2D eigenvalue weighted by atomic mass is 10.4. The molecule has 0 aliphatic carbocycles. The third-order valence-electron chi connectivity index (χ3n) is 1.88. The van der Waals surface area contributed by atoms with Crippen LogP contribution >= 0.6 is 24.0 Å². The quantitative estimate of drug-likeness (QED) is 0.493. The molecule has 0 radical (unpaired) electrons. The van der Waals surface area contributed by atoms with Gasteiger partial charge in [0, 0.05) is 18.8 Å². The van der Waals surface area contributed by atoms with Gasteiger partial charge in [-0.25, -0.2) is 0 Å². The number of thiocarbonyl (C=S) groups is 1. The summed E-state index contributed by atoms with van der Waals surface area (Å²) in [4.78, 5) is 3.53. The van der Waals surface area contributed by atoms with E-state index in [1.807, 2.05) is 11.8 Å². The molecule has 1 aliphatic rings. The Morgan fingerprint density at radius 2 is 2.45 bits per heavy atom. The Labute approximate surface area is 78.5 Å². The lowest BCUT2D eigenvalue weighted by molar-refractivity contribution is 0.489. The summed E-state index contributed by atoms with van der Waals surface area (Å²) >= 11 is 7.20. The van der Waals surface area contributed by atoms with E-state index in [1.165, 1.54) is 29.5 Å². The zero-order chi connectivity index (χ0) is 8.10. The van der Waals surface area contributed by atoms with E-state index < -0.39 is 0 Å². The van der Waals surface area contributed by atoms with Crippen LogP contribution in [0.3, 0.4) is 0 Å². The van der Waals surface area contributed by atoms with Gasteiger partial charge < -0.3 is 4.90 Å². The molecular formula is C8H15NS2. The van der Waals surface area contributed by atoms with E-state index in [-0.39, 0.29) is 0 Å². The molecular weight excluding hydrogens is 174 g/mol. The summed E-state index contributed by atoms with van der Waals surface area (Å²) in [5, 5.41) is 0. The Bertz CT molecular complexity index is 136. The SMILES string of the molecule is CCSCCN1CCCC1=S. The fourth-order valence-corrected chi connectivity index (χ4v) is 2.22. The van der Waals surface area contributed by atoms with Gasteiger partial charge in [-0.3, -0.25) is 0 Å². The average Bonchev–Trinajstić information content (AvgIpc) is 2.37. The van der Waals surface area contributed by atoms with Crippen molar-refractivity contribution in [3.63, 3.8) is 0 Å². The van der Waals surface area contributed by atoms with Crippen molar-refractivity contribution in [1.29, 1.82) is 0 Å². The molecule has 0 saturated carbocycles. The summed E-state index contributed by atoms with van der Waals surface area (Å²) < 4.78 is 0. The van der Waals surface area contributed by atoms with Gasteiger partial charge in [0.15, 0.2) is 0 Å². The highest BCUT2D eigenvalue weighted by Crippen LogP contribution is 2.12. The normalized spacial score (nSPS) is 17.9. The Kier molecular flexibility index (Phi) is 4.23. The molecule has 0 atom stereocenters. The Morgan fingerprint density at radius 3 is 3.00 bits per heavy atom. The maximum Gasteiger partial charge on any atom is 0.0780 e. The van der Waals surface area contributed by atoms with Gasteiger partial charge in [0.05, 0.1) is 4.99 Å². The van der Waals surface area contributed by atoms with Crippen molar-refractivity contribution in [2.75, 3.05) is 24.6 Å². The standard InChI is InChI=1S/C8H15NS2/c1-2-11-7-6-9-5-3-4-8(9)10/h2-7H2,1H3. The molecule has 1 fully saturated rings. The number of hydrogen-bond acceptors (Lipinski definition) is 2. The van der Waals surface area contributed by atoms with E-state index in [1.54, 1.807) is 0 Å². The molecule has 0 aromatic carbocycles. The molecule has 1 heterocycles.